The van der Waals surface area contributed by atoms with Crippen LogP contribution in [0.25, 0.3) is 0 Å². The van der Waals surface area contributed by atoms with E-state index in [-0.39, 0.29) is 0 Å². The van der Waals surface area contributed by atoms with Crippen LogP contribution >= 0.6 is 23.8 Å². The Morgan fingerprint density at radius 2 is 2.32 bits per heavy atom. The third-order valence-corrected chi connectivity index (χ3v) is 3.10. The molecule has 0 fully saturated rings. The van der Waals surface area contributed by atoms with Crippen LogP contribution < -0.4 is 10.2 Å². The molecule has 0 bridgehead atoms. The second-order valence-corrected chi connectivity index (χ2v) is 4.75. The molecule has 1 heterocycles. The Bertz CT molecular complexity index is 622. The van der Waals surface area contributed by atoms with Crippen molar-refractivity contribution in [3.8, 4) is 5.75 Å². The molecule has 0 amide bonds. The average Bonchev–Trinajstić information content (AvgIpc) is 2.70. The van der Waals surface area contributed by atoms with Crippen LogP contribution in [0.1, 0.15) is 18.3 Å². The maximum Gasteiger partial charge on any atom is 0.214 e. The minimum atomic E-state index is 0.525. The van der Waals surface area contributed by atoms with Crippen LogP contribution in [0.5, 0.6) is 5.75 Å². The zero-order valence-electron chi connectivity index (χ0n) is 10.7. The Kier molecular flexibility index (Phi) is 4.44. The van der Waals surface area contributed by atoms with Gasteiger partial charge in [-0.1, -0.05) is 11.6 Å². The Labute approximate surface area is 121 Å². The molecule has 0 aliphatic carbocycles. The predicted molar refractivity (Wildman–Crippen MR) is 77.8 cm³/mol. The van der Waals surface area contributed by atoms with E-state index in [1.807, 2.05) is 32.0 Å². The van der Waals surface area contributed by atoms with Crippen LogP contribution in [-0.4, -0.2) is 21.5 Å². The molecule has 102 valence electrons. The van der Waals surface area contributed by atoms with E-state index in [2.05, 4.69) is 15.6 Å². The SMILES string of the molecule is CCOc1ccc(Cl)cc1CNn1c(C)n[nH]c1=S. The van der Waals surface area contributed by atoms with Gasteiger partial charge in [0.1, 0.15) is 11.6 Å². The first kappa shape index (κ1) is 13.9. The number of H-pyrrole nitrogens is 1. The molecular weight excluding hydrogens is 284 g/mol. The van der Waals surface area contributed by atoms with Crippen molar-refractivity contribution in [2.24, 2.45) is 0 Å². The number of hydrogen-bond acceptors (Lipinski definition) is 4. The van der Waals surface area contributed by atoms with E-state index in [1.54, 1.807) is 4.68 Å². The number of aromatic nitrogens is 3. The van der Waals surface area contributed by atoms with Crippen molar-refractivity contribution in [3.63, 3.8) is 0 Å². The first-order valence-electron chi connectivity index (χ1n) is 5.91. The van der Waals surface area contributed by atoms with Crippen LogP contribution in [0, 0.1) is 11.7 Å². The van der Waals surface area contributed by atoms with Gasteiger partial charge in [0.2, 0.25) is 4.77 Å². The summed E-state index contributed by atoms with van der Waals surface area (Å²) in [7, 11) is 0. The number of aromatic amines is 1. The number of benzene rings is 1. The van der Waals surface area contributed by atoms with Gasteiger partial charge in [0, 0.05) is 10.6 Å². The molecule has 2 aromatic rings. The van der Waals surface area contributed by atoms with Crippen LogP contribution in [0.2, 0.25) is 5.02 Å². The minimum absolute atomic E-state index is 0.525. The molecule has 0 atom stereocenters. The Morgan fingerprint density at radius 1 is 1.53 bits per heavy atom. The molecule has 0 unspecified atom stereocenters. The van der Waals surface area contributed by atoms with Crippen molar-refractivity contribution in [2.45, 2.75) is 20.4 Å². The highest BCUT2D eigenvalue weighted by Crippen LogP contribution is 2.23. The normalized spacial score (nSPS) is 10.5. The van der Waals surface area contributed by atoms with Gasteiger partial charge < -0.3 is 10.2 Å². The standard InChI is InChI=1S/C12H15ClN4OS/c1-3-18-11-5-4-10(13)6-9(11)7-14-17-8(2)15-16-12(17)19/h4-6,14H,3,7H2,1-2H3,(H,16,19). The van der Waals surface area contributed by atoms with Gasteiger partial charge in [-0.15, -0.1) is 0 Å². The third kappa shape index (κ3) is 3.27. The molecule has 1 aromatic carbocycles. The lowest BCUT2D eigenvalue weighted by molar-refractivity contribution is 0.336. The summed E-state index contributed by atoms with van der Waals surface area (Å²) in [5, 5.41) is 7.42. The van der Waals surface area contributed by atoms with Crippen molar-refractivity contribution >= 4 is 23.8 Å². The first-order chi connectivity index (χ1) is 9.11. The van der Waals surface area contributed by atoms with E-state index in [9.17, 15) is 0 Å². The van der Waals surface area contributed by atoms with E-state index in [0.717, 1.165) is 17.1 Å². The molecule has 0 saturated heterocycles. The van der Waals surface area contributed by atoms with Crippen LogP contribution in [-0.2, 0) is 6.54 Å². The van der Waals surface area contributed by atoms with Crippen LogP contribution in [0.15, 0.2) is 18.2 Å². The fraction of sp³-hybridized carbons (Fsp3) is 0.333. The molecule has 1 aromatic heterocycles. The van der Waals surface area contributed by atoms with Crippen molar-refractivity contribution in [1.29, 1.82) is 0 Å². The molecule has 0 saturated carbocycles. The zero-order valence-corrected chi connectivity index (χ0v) is 12.3. The average molecular weight is 299 g/mol. The summed E-state index contributed by atoms with van der Waals surface area (Å²) in [6.07, 6.45) is 0. The van der Waals surface area contributed by atoms with Gasteiger partial charge in [-0.05, 0) is 44.3 Å². The number of nitrogens with one attached hydrogen (secondary N) is 2. The van der Waals surface area contributed by atoms with Crippen molar-refractivity contribution in [2.75, 3.05) is 12.0 Å². The summed E-state index contributed by atoms with van der Waals surface area (Å²) in [5.41, 5.74) is 4.15. The Hall–Kier alpha value is -1.53. The number of aryl methyl sites for hydroxylation is 1. The molecule has 0 radical (unpaired) electrons. The summed E-state index contributed by atoms with van der Waals surface area (Å²) in [6.45, 7) is 4.96. The zero-order chi connectivity index (χ0) is 13.8. The van der Waals surface area contributed by atoms with Gasteiger partial charge in [-0.3, -0.25) is 5.10 Å². The number of rotatable bonds is 5. The molecule has 19 heavy (non-hydrogen) atoms. The highest BCUT2D eigenvalue weighted by atomic mass is 35.5. The molecule has 5 nitrogen and oxygen atoms in total. The van der Waals surface area contributed by atoms with E-state index < -0.39 is 0 Å². The summed E-state index contributed by atoms with van der Waals surface area (Å²) in [4.78, 5) is 0. The molecule has 0 aliphatic heterocycles. The van der Waals surface area contributed by atoms with Crippen molar-refractivity contribution in [1.82, 2.24) is 14.9 Å². The monoisotopic (exact) mass is 298 g/mol. The lowest BCUT2D eigenvalue weighted by Gasteiger charge is -2.13. The number of ether oxygens (including phenoxy) is 1. The highest BCUT2D eigenvalue weighted by Gasteiger charge is 2.06. The third-order valence-electron chi connectivity index (χ3n) is 2.59. The van der Waals surface area contributed by atoms with Crippen LogP contribution in [0.3, 0.4) is 0 Å². The number of halogens is 1. The van der Waals surface area contributed by atoms with Gasteiger partial charge in [0.05, 0.1) is 13.2 Å². The maximum atomic E-state index is 6.01. The summed E-state index contributed by atoms with van der Waals surface area (Å²) in [5.74, 6) is 1.58. The molecule has 0 aliphatic rings. The second kappa shape index (κ2) is 6.08. The fourth-order valence-electron chi connectivity index (χ4n) is 1.71. The largest absolute Gasteiger partial charge is 0.494 e. The van der Waals surface area contributed by atoms with E-state index in [4.69, 9.17) is 28.6 Å². The molecule has 2 N–H and O–H groups in total. The van der Waals surface area contributed by atoms with E-state index in [0.29, 0.717) is 22.9 Å². The smallest absolute Gasteiger partial charge is 0.214 e. The van der Waals surface area contributed by atoms with Crippen molar-refractivity contribution < 1.29 is 4.74 Å². The van der Waals surface area contributed by atoms with E-state index >= 15 is 0 Å². The number of hydrogen-bond donors (Lipinski definition) is 2. The summed E-state index contributed by atoms with van der Waals surface area (Å²) >= 11 is 11.1. The van der Waals surface area contributed by atoms with Crippen LogP contribution in [0.4, 0.5) is 0 Å². The predicted octanol–water partition coefficient (Wildman–Crippen LogP) is 3.04. The summed E-state index contributed by atoms with van der Waals surface area (Å²) < 4.78 is 7.80. The van der Waals surface area contributed by atoms with E-state index in [1.165, 1.54) is 0 Å². The minimum Gasteiger partial charge on any atom is -0.494 e. The highest BCUT2D eigenvalue weighted by molar-refractivity contribution is 7.71. The van der Waals surface area contributed by atoms with Gasteiger partial charge in [-0.2, -0.15) is 5.10 Å². The topological polar surface area (TPSA) is 54.9 Å². The fourth-order valence-corrected chi connectivity index (χ4v) is 2.15. The van der Waals surface area contributed by atoms with Gasteiger partial charge in [-0.25, -0.2) is 4.68 Å². The lowest BCUT2D eigenvalue weighted by atomic mass is 10.2. The van der Waals surface area contributed by atoms with Crippen molar-refractivity contribution in [3.05, 3.63) is 39.4 Å². The second-order valence-electron chi connectivity index (χ2n) is 3.93. The molecule has 7 heteroatoms. The molecular formula is C12H15ClN4OS. The summed E-state index contributed by atoms with van der Waals surface area (Å²) in [6, 6.07) is 5.55. The first-order valence-corrected chi connectivity index (χ1v) is 6.69. The number of nitrogens with zero attached hydrogens (tertiary/aromatic N) is 2. The Balaban J connectivity index is 2.19. The van der Waals surface area contributed by atoms with Gasteiger partial charge in [0.25, 0.3) is 0 Å². The molecule has 0 spiro atoms. The Morgan fingerprint density at radius 3 is 2.95 bits per heavy atom. The maximum absolute atomic E-state index is 6.01. The molecule has 2 rings (SSSR count). The van der Waals surface area contributed by atoms with Gasteiger partial charge in [0.15, 0.2) is 0 Å². The lowest BCUT2D eigenvalue weighted by Crippen LogP contribution is -2.16. The quantitative estimate of drug-likeness (QED) is 0.833. The van der Waals surface area contributed by atoms with Gasteiger partial charge >= 0.3 is 0 Å².